The molecule has 0 aromatic rings. The first-order valence-electron chi connectivity index (χ1n) is 23.2. The average molecular weight is 969 g/mol. The molecule has 18 atom stereocenters. The van der Waals surface area contributed by atoms with Crippen LogP contribution in [0.15, 0.2) is 85.1 Å². The van der Waals surface area contributed by atoms with Crippen molar-refractivity contribution in [3.05, 3.63) is 85.1 Å². The lowest BCUT2D eigenvalue weighted by Gasteiger charge is -2.45. The van der Waals surface area contributed by atoms with E-state index in [-0.39, 0.29) is 44.6 Å². The average Bonchev–Trinajstić information content (AvgIpc) is 3.26. The number of nitrogens with two attached hydrogens (primary N) is 1. The van der Waals surface area contributed by atoms with Crippen LogP contribution in [0.25, 0.3) is 0 Å². The first-order chi connectivity index (χ1) is 32.2. The number of rotatable bonds is 6. The topological polar surface area (TPSA) is 352 Å². The fourth-order valence-corrected chi connectivity index (χ4v) is 7.91. The molecule has 2 fully saturated rings. The van der Waals surface area contributed by atoms with E-state index in [1.54, 1.807) is 85.9 Å². The summed E-state index contributed by atoms with van der Waals surface area (Å²) in [6, 6.07) is -1.14. The Kier molecular flexibility index (Phi) is 26.2. The molecule has 3 aliphatic rings. The SMILES string of the molecule is C[C@H]1C[C@H](O)[C@@H](C)/C=C/C=C/C=C/C=C/C=C/C=C/C=C/C(O[C@@H]2OC[C@@H](O)[C@H](N)[C@@H]2O)C[C@@H]2OC(O)(CC(O)CC(O)C(O)CCC(O)CC(O)CC(=O)O1)C[C@H](O)[C@H]2C(=O)NCC(O)CO. The summed E-state index contributed by atoms with van der Waals surface area (Å²) in [6.45, 7) is 2.09. The molecule has 2 bridgehead atoms. The van der Waals surface area contributed by atoms with E-state index in [4.69, 9.17) is 24.7 Å². The molecule has 0 aliphatic carbocycles. The molecule has 68 heavy (non-hydrogen) atoms. The number of aliphatic hydroxyl groups excluding tert-OH is 11. The minimum Gasteiger partial charge on any atom is -0.462 e. The summed E-state index contributed by atoms with van der Waals surface area (Å²) in [5.41, 5.74) is 5.98. The van der Waals surface area contributed by atoms with Gasteiger partial charge in [-0.05, 0) is 26.2 Å². The molecule has 15 N–H and O–H groups in total. The van der Waals surface area contributed by atoms with Crippen molar-refractivity contribution < 1.29 is 89.8 Å². The highest BCUT2D eigenvalue weighted by Crippen LogP contribution is 2.38. The zero-order valence-electron chi connectivity index (χ0n) is 38.8. The lowest BCUT2D eigenvalue weighted by molar-refractivity contribution is -0.304. The predicted octanol–water partition coefficient (Wildman–Crippen LogP) is -1.54. The number of allylic oxidation sites excluding steroid dienone is 12. The van der Waals surface area contributed by atoms with Crippen molar-refractivity contribution in [2.45, 2.75) is 169 Å². The third-order valence-corrected chi connectivity index (χ3v) is 11.8. The van der Waals surface area contributed by atoms with Gasteiger partial charge in [0.1, 0.15) is 12.2 Å². The van der Waals surface area contributed by atoms with Crippen LogP contribution in [0, 0.1) is 11.8 Å². The van der Waals surface area contributed by atoms with Crippen molar-refractivity contribution in [3.8, 4) is 0 Å². The van der Waals surface area contributed by atoms with Gasteiger partial charge in [-0.15, -0.1) is 0 Å². The Bertz CT molecular complexity index is 1710. The van der Waals surface area contributed by atoms with Gasteiger partial charge in [-0.25, -0.2) is 0 Å². The molecule has 3 rings (SSSR count). The molecule has 386 valence electrons. The van der Waals surface area contributed by atoms with Crippen LogP contribution < -0.4 is 11.1 Å². The minimum absolute atomic E-state index is 0.115. The quantitative estimate of drug-likeness (QED) is 0.134. The maximum atomic E-state index is 13.6. The van der Waals surface area contributed by atoms with Gasteiger partial charge in [0.25, 0.3) is 0 Å². The molecule has 20 nitrogen and oxygen atoms in total. The first-order valence-corrected chi connectivity index (χ1v) is 23.2. The Morgan fingerprint density at radius 1 is 0.750 bits per heavy atom. The number of aliphatic hydroxyl groups is 12. The Labute approximate surface area is 397 Å². The second-order valence-electron chi connectivity index (χ2n) is 17.9. The van der Waals surface area contributed by atoms with Crippen LogP contribution in [-0.2, 0) is 28.5 Å². The monoisotopic (exact) mass is 969 g/mol. The van der Waals surface area contributed by atoms with Crippen LogP contribution >= 0.6 is 0 Å². The molecule has 3 aliphatic heterocycles. The highest BCUT2D eigenvalue weighted by atomic mass is 16.7. The number of hydrogen-bond donors (Lipinski definition) is 14. The third kappa shape index (κ3) is 21.2. The van der Waals surface area contributed by atoms with Gasteiger partial charge < -0.3 is 91.3 Å². The van der Waals surface area contributed by atoms with Crippen LogP contribution in [0.2, 0.25) is 0 Å². The van der Waals surface area contributed by atoms with Gasteiger partial charge in [0.05, 0.1) is 98.7 Å². The number of nitrogens with one attached hydrogen (secondary N) is 1. The zero-order valence-corrected chi connectivity index (χ0v) is 38.8. The number of ether oxygens (including phenoxy) is 4. The predicted molar refractivity (Wildman–Crippen MR) is 246 cm³/mol. The largest absolute Gasteiger partial charge is 0.462 e. The van der Waals surface area contributed by atoms with Crippen molar-refractivity contribution in [1.29, 1.82) is 0 Å². The number of carbonyl (C=O) groups excluding carboxylic acids is 2. The number of amides is 1. The van der Waals surface area contributed by atoms with Gasteiger partial charge in [0.15, 0.2) is 12.1 Å². The Balaban J connectivity index is 1.90. The molecule has 1 amide bonds. The summed E-state index contributed by atoms with van der Waals surface area (Å²) >= 11 is 0. The van der Waals surface area contributed by atoms with E-state index in [0.717, 1.165) is 0 Å². The summed E-state index contributed by atoms with van der Waals surface area (Å²) in [5.74, 6) is -5.59. The van der Waals surface area contributed by atoms with E-state index < -0.39 is 154 Å². The fourth-order valence-electron chi connectivity index (χ4n) is 7.91. The van der Waals surface area contributed by atoms with Crippen molar-refractivity contribution in [1.82, 2.24) is 5.32 Å². The normalized spacial score (nSPS) is 42.2. The van der Waals surface area contributed by atoms with E-state index in [9.17, 15) is 70.9 Å². The van der Waals surface area contributed by atoms with E-state index in [1.165, 1.54) is 6.08 Å². The van der Waals surface area contributed by atoms with Crippen LogP contribution in [0.3, 0.4) is 0 Å². The molecule has 2 saturated heterocycles. The van der Waals surface area contributed by atoms with E-state index in [0.29, 0.717) is 0 Å². The maximum absolute atomic E-state index is 13.6. The van der Waals surface area contributed by atoms with Crippen molar-refractivity contribution >= 4 is 11.9 Å². The second-order valence-corrected chi connectivity index (χ2v) is 17.9. The number of hydrogen-bond acceptors (Lipinski definition) is 19. The Morgan fingerprint density at radius 2 is 1.35 bits per heavy atom. The molecule has 8 unspecified atom stereocenters. The van der Waals surface area contributed by atoms with E-state index in [1.807, 2.05) is 6.92 Å². The van der Waals surface area contributed by atoms with E-state index >= 15 is 0 Å². The van der Waals surface area contributed by atoms with Gasteiger partial charge in [-0.3, -0.25) is 9.59 Å². The smallest absolute Gasteiger partial charge is 0.308 e. The summed E-state index contributed by atoms with van der Waals surface area (Å²) in [4.78, 5) is 26.1. The molecular weight excluding hydrogens is 893 g/mol. The van der Waals surface area contributed by atoms with E-state index in [2.05, 4.69) is 5.32 Å². The maximum Gasteiger partial charge on any atom is 0.308 e. The van der Waals surface area contributed by atoms with Gasteiger partial charge >= 0.3 is 5.97 Å². The Morgan fingerprint density at radius 3 is 1.97 bits per heavy atom. The molecule has 3 heterocycles. The third-order valence-electron chi connectivity index (χ3n) is 11.8. The van der Waals surface area contributed by atoms with Crippen LogP contribution in [0.5, 0.6) is 0 Å². The molecule has 20 heteroatoms. The molecule has 0 radical (unpaired) electrons. The molecule has 0 aromatic carbocycles. The first kappa shape index (κ1) is 58.8. The molecular formula is C48H76N2O18. The lowest BCUT2D eigenvalue weighted by atomic mass is 9.82. The van der Waals surface area contributed by atoms with Crippen LogP contribution in [0.1, 0.15) is 71.6 Å². The van der Waals surface area contributed by atoms with Crippen molar-refractivity contribution in [3.63, 3.8) is 0 Å². The van der Waals surface area contributed by atoms with Gasteiger partial charge in [-0.1, -0.05) is 92.0 Å². The van der Waals surface area contributed by atoms with Crippen molar-refractivity contribution in [2.75, 3.05) is 19.8 Å². The summed E-state index contributed by atoms with van der Waals surface area (Å²) in [6.07, 6.45) is 3.20. The highest BCUT2D eigenvalue weighted by molar-refractivity contribution is 5.80. The van der Waals surface area contributed by atoms with Crippen molar-refractivity contribution in [2.24, 2.45) is 17.6 Å². The van der Waals surface area contributed by atoms with Gasteiger partial charge in [-0.2, -0.15) is 0 Å². The number of fused-ring (bicyclic) bond motifs is 2. The standard InChI is InChI=1S/C48H76N2O18/c1-29-15-13-11-9-7-5-3-4-6-8-10-12-14-16-35(67-47-45(62)44(49)40(60)28-65-47)23-41-43(46(63)50-26-34(55)27-51)39(59)25-48(64,68-41)24-33(54)21-38(58)36(56)18-17-31(52)20-32(53)22-42(61)66-30(2)19-37(29)57/h3-16,29-41,43-45,47,51-60,62,64H,17-28,49H2,1-2H3,(H,50,63)/b4-3+,7-5+,8-6+,11-9+,12-10+,15-13+,16-14+/t29-,30-,31?,32?,33?,34?,35?,36?,37-,38?,39-,40+,41-,43+,44-,45-,47-,48?/m0/s1. The highest BCUT2D eigenvalue weighted by Gasteiger charge is 2.50. The summed E-state index contributed by atoms with van der Waals surface area (Å²) < 4.78 is 23.1. The number of cyclic esters (lactones) is 1. The fraction of sp³-hybridized carbons (Fsp3) is 0.667. The minimum atomic E-state index is -2.34. The second kappa shape index (κ2) is 30.3. The number of carbonyl (C=O) groups is 2. The zero-order chi connectivity index (χ0) is 50.4. The van der Waals surface area contributed by atoms with Gasteiger partial charge in [0.2, 0.25) is 5.91 Å². The molecule has 0 spiro atoms. The van der Waals surface area contributed by atoms with Crippen LogP contribution in [0.4, 0.5) is 0 Å². The van der Waals surface area contributed by atoms with Crippen LogP contribution in [-0.4, -0.2) is 190 Å². The van der Waals surface area contributed by atoms with Gasteiger partial charge in [0, 0.05) is 44.6 Å². The Hall–Kier alpha value is -3.52. The molecule has 0 aromatic heterocycles. The lowest BCUT2D eigenvalue weighted by Crippen LogP contribution is -2.59. The summed E-state index contributed by atoms with van der Waals surface area (Å²) in [7, 11) is 0. The number of esters is 1. The summed E-state index contributed by atoms with van der Waals surface area (Å²) in [5, 5.41) is 130. The molecule has 0 saturated carbocycles.